The predicted octanol–water partition coefficient (Wildman–Crippen LogP) is 2.03. The van der Waals surface area contributed by atoms with Crippen molar-refractivity contribution in [2.24, 2.45) is 4.99 Å². The number of hydrogen-bond acceptors (Lipinski definition) is 4. The Morgan fingerprint density at radius 3 is 2.35 bits per heavy atom. The van der Waals surface area contributed by atoms with Crippen LogP contribution < -0.4 is 5.32 Å². The summed E-state index contributed by atoms with van der Waals surface area (Å²) >= 11 is 0. The number of aliphatic imine (C=N–C) groups is 1. The second-order valence-corrected chi connectivity index (χ2v) is 8.04. The molecule has 2 aliphatic heterocycles. The lowest BCUT2D eigenvalue weighted by Gasteiger charge is -2.37. The molecule has 0 radical (unpaired) electrons. The van der Waals surface area contributed by atoms with Gasteiger partial charge >= 0.3 is 0 Å². The quantitative estimate of drug-likeness (QED) is 0.336. The van der Waals surface area contributed by atoms with Crippen LogP contribution in [0.2, 0.25) is 0 Å². The van der Waals surface area contributed by atoms with Crippen LogP contribution in [-0.2, 0) is 17.9 Å². The lowest BCUT2D eigenvalue weighted by atomic mass is 10.1. The highest BCUT2D eigenvalue weighted by Crippen LogP contribution is 2.12. The maximum absolute atomic E-state index is 13.5. The number of benzene rings is 1. The first-order chi connectivity index (χ1) is 14.6. The van der Waals surface area contributed by atoms with Gasteiger partial charge < -0.3 is 20.2 Å². The average Bonchev–Trinajstić information content (AvgIpc) is 3.06. The van der Waals surface area contributed by atoms with Crippen LogP contribution in [0.5, 0.6) is 0 Å². The second kappa shape index (κ2) is 13.2. The molecule has 7 nitrogen and oxygen atoms in total. The molecule has 0 aromatic heterocycles. The summed E-state index contributed by atoms with van der Waals surface area (Å²) in [6.45, 7) is 5.75. The zero-order valence-electron chi connectivity index (χ0n) is 18.4. The first-order valence-electron chi connectivity index (χ1n) is 10.9. The van der Waals surface area contributed by atoms with Crippen molar-refractivity contribution in [3.8, 4) is 0 Å². The van der Waals surface area contributed by atoms with Gasteiger partial charge in [0.25, 0.3) is 0 Å². The molecule has 1 amide bonds. The highest BCUT2D eigenvalue weighted by atomic mass is 127. The Morgan fingerprint density at radius 2 is 1.74 bits per heavy atom. The van der Waals surface area contributed by atoms with Crippen molar-refractivity contribution in [3.05, 3.63) is 35.1 Å². The van der Waals surface area contributed by atoms with Crippen molar-refractivity contribution in [1.82, 2.24) is 20.0 Å². The van der Waals surface area contributed by atoms with Crippen LogP contribution in [0.15, 0.2) is 23.2 Å². The first-order valence-corrected chi connectivity index (χ1v) is 10.9. The summed E-state index contributed by atoms with van der Waals surface area (Å²) in [4.78, 5) is 23.4. The largest absolute Gasteiger partial charge is 0.392 e. The number of nitrogens with zero attached hydrogens (tertiary/aromatic N) is 4. The summed E-state index contributed by atoms with van der Waals surface area (Å²) in [5.74, 6) is 0.656. The highest BCUT2D eigenvalue weighted by Gasteiger charge is 2.23. The maximum Gasteiger partial charge on any atom is 0.236 e. The molecule has 2 aliphatic rings. The van der Waals surface area contributed by atoms with Crippen LogP contribution in [0.3, 0.4) is 0 Å². The lowest BCUT2D eigenvalue weighted by molar-refractivity contribution is -0.132. The van der Waals surface area contributed by atoms with E-state index in [9.17, 15) is 14.3 Å². The molecule has 2 saturated heterocycles. The fraction of sp³-hybridized carbons (Fsp3) is 0.636. The molecule has 0 atom stereocenters. The molecule has 0 spiro atoms. The van der Waals surface area contributed by atoms with Gasteiger partial charge in [-0.1, -0.05) is 18.9 Å². The van der Waals surface area contributed by atoms with Crippen LogP contribution in [0.1, 0.15) is 36.8 Å². The van der Waals surface area contributed by atoms with Crippen LogP contribution in [0.4, 0.5) is 4.39 Å². The fourth-order valence-corrected chi connectivity index (χ4v) is 4.10. The van der Waals surface area contributed by atoms with Gasteiger partial charge in [0.2, 0.25) is 5.91 Å². The molecule has 0 aliphatic carbocycles. The topological polar surface area (TPSA) is 71.4 Å². The summed E-state index contributed by atoms with van der Waals surface area (Å²) in [6, 6.07) is 4.76. The van der Waals surface area contributed by atoms with Crippen LogP contribution >= 0.6 is 24.0 Å². The normalized spacial score (nSPS) is 18.4. The van der Waals surface area contributed by atoms with E-state index in [4.69, 9.17) is 0 Å². The molecule has 2 heterocycles. The summed E-state index contributed by atoms with van der Waals surface area (Å²) in [5.41, 5.74) is 1.19. The van der Waals surface area contributed by atoms with E-state index in [0.29, 0.717) is 18.7 Å². The number of carbonyl (C=O) groups excluding carboxylic acids is 1. The molecule has 1 aromatic carbocycles. The Morgan fingerprint density at radius 1 is 1.06 bits per heavy atom. The Labute approximate surface area is 201 Å². The standard InChI is InChI=1S/C22H34FN5O2.HI/c1-24-22(25-15-18-6-7-20(23)19(14-18)17-29)28-12-10-26(11-13-28)16-21(30)27-8-4-2-3-5-9-27;/h6-7,14,29H,2-5,8-13,15-17H2,1H3,(H,24,25);1H. The van der Waals surface area contributed by atoms with E-state index in [1.807, 2.05) is 4.90 Å². The Hall–Kier alpha value is -1.46. The Balaban J connectivity index is 0.00000341. The summed E-state index contributed by atoms with van der Waals surface area (Å²) < 4.78 is 13.5. The minimum Gasteiger partial charge on any atom is -0.392 e. The average molecular weight is 547 g/mol. The van der Waals surface area contributed by atoms with Gasteiger partial charge in [0.1, 0.15) is 5.82 Å². The first kappa shape index (κ1) is 25.8. The SMILES string of the molecule is CN=C(NCc1ccc(F)c(CO)c1)N1CCN(CC(=O)N2CCCCCC2)CC1.I. The third-order valence-corrected chi connectivity index (χ3v) is 5.93. The van der Waals surface area contributed by atoms with E-state index in [1.165, 1.54) is 18.9 Å². The van der Waals surface area contributed by atoms with Crippen LogP contribution in [-0.4, -0.2) is 84.5 Å². The van der Waals surface area contributed by atoms with Crippen molar-refractivity contribution in [2.45, 2.75) is 38.8 Å². The number of amides is 1. The van der Waals surface area contributed by atoms with Gasteiger partial charge in [0, 0.05) is 58.4 Å². The highest BCUT2D eigenvalue weighted by molar-refractivity contribution is 14.0. The number of rotatable bonds is 5. The maximum atomic E-state index is 13.5. The van der Waals surface area contributed by atoms with Gasteiger partial charge in [-0.05, 0) is 30.5 Å². The van der Waals surface area contributed by atoms with Gasteiger partial charge in [-0.15, -0.1) is 24.0 Å². The molecule has 174 valence electrons. The smallest absolute Gasteiger partial charge is 0.236 e. The minimum atomic E-state index is -0.392. The number of aliphatic hydroxyl groups is 1. The number of nitrogens with one attached hydrogen (secondary N) is 1. The van der Waals surface area contributed by atoms with E-state index in [-0.39, 0.29) is 36.5 Å². The molecule has 1 aromatic rings. The van der Waals surface area contributed by atoms with E-state index in [0.717, 1.165) is 63.6 Å². The Bertz CT molecular complexity index is 733. The van der Waals surface area contributed by atoms with Crippen molar-refractivity contribution in [1.29, 1.82) is 0 Å². The molecule has 31 heavy (non-hydrogen) atoms. The second-order valence-electron chi connectivity index (χ2n) is 8.04. The molecular formula is C22H35FIN5O2. The van der Waals surface area contributed by atoms with E-state index in [2.05, 4.69) is 20.1 Å². The number of aliphatic hydroxyl groups excluding tert-OH is 1. The van der Waals surface area contributed by atoms with E-state index < -0.39 is 5.82 Å². The van der Waals surface area contributed by atoms with Crippen LogP contribution in [0, 0.1) is 5.82 Å². The van der Waals surface area contributed by atoms with Gasteiger partial charge in [-0.3, -0.25) is 14.7 Å². The molecule has 0 bridgehead atoms. The van der Waals surface area contributed by atoms with Gasteiger partial charge in [-0.2, -0.15) is 0 Å². The molecule has 2 fully saturated rings. The molecule has 9 heteroatoms. The zero-order valence-corrected chi connectivity index (χ0v) is 20.7. The summed E-state index contributed by atoms with van der Waals surface area (Å²) in [7, 11) is 1.75. The van der Waals surface area contributed by atoms with Gasteiger partial charge in [0.05, 0.1) is 13.2 Å². The number of likely N-dealkylation sites (tertiary alicyclic amines) is 1. The third kappa shape index (κ3) is 7.57. The molecule has 0 saturated carbocycles. The van der Waals surface area contributed by atoms with Crippen LogP contribution in [0.25, 0.3) is 0 Å². The van der Waals surface area contributed by atoms with E-state index in [1.54, 1.807) is 19.2 Å². The van der Waals surface area contributed by atoms with Crippen molar-refractivity contribution in [2.75, 3.05) is 52.9 Å². The number of carbonyl (C=O) groups is 1. The van der Waals surface area contributed by atoms with Gasteiger partial charge in [-0.25, -0.2) is 4.39 Å². The fourth-order valence-electron chi connectivity index (χ4n) is 4.10. The molecule has 2 N–H and O–H groups in total. The summed E-state index contributed by atoms with van der Waals surface area (Å²) in [5, 5.41) is 12.5. The van der Waals surface area contributed by atoms with Crippen molar-refractivity contribution < 1.29 is 14.3 Å². The number of hydrogen-bond donors (Lipinski definition) is 2. The lowest BCUT2D eigenvalue weighted by Crippen LogP contribution is -2.54. The van der Waals surface area contributed by atoms with Crippen molar-refractivity contribution in [3.63, 3.8) is 0 Å². The molecule has 3 rings (SSSR count). The molecule has 0 unspecified atom stereocenters. The number of piperazine rings is 1. The van der Waals surface area contributed by atoms with Crippen molar-refractivity contribution >= 4 is 35.8 Å². The zero-order chi connectivity index (χ0) is 21.3. The predicted molar refractivity (Wildman–Crippen MR) is 131 cm³/mol. The summed E-state index contributed by atoms with van der Waals surface area (Å²) in [6.07, 6.45) is 4.70. The number of halogens is 2. The van der Waals surface area contributed by atoms with Gasteiger partial charge in [0.15, 0.2) is 5.96 Å². The third-order valence-electron chi connectivity index (χ3n) is 5.93. The minimum absolute atomic E-state index is 0. The van der Waals surface area contributed by atoms with E-state index >= 15 is 0 Å². The number of guanidine groups is 1. The Kier molecular flexibility index (Phi) is 11.0. The molecular weight excluding hydrogens is 512 g/mol. The monoisotopic (exact) mass is 547 g/mol.